The number of benzene rings is 1. The molecule has 1 atom stereocenters. The third-order valence-corrected chi connectivity index (χ3v) is 4.09. The number of nitrogens with zero attached hydrogens (tertiary/aromatic N) is 2. The van der Waals surface area contributed by atoms with Gasteiger partial charge in [-0.25, -0.2) is 0 Å². The van der Waals surface area contributed by atoms with Crippen molar-refractivity contribution in [2.45, 2.75) is 39.2 Å². The van der Waals surface area contributed by atoms with Crippen LogP contribution in [0.4, 0.5) is 5.69 Å². The van der Waals surface area contributed by atoms with Crippen molar-refractivity contribution in [3.63, 3.8) is 0 Å². The minimum Gasteiger partial charge on any atom is -0.378 e. The zero-order chi connectivity index (χ0) is 13.4. The fourth-order valence-corrected chi connectivity index (χ4v) is 3.02. The van der Waals surface area contributed by atoms with E-state index in [1.165, 1.54) is 40.9 Å². The van der Waals surface area contributed by atoms with Gasteiger partial charge < -0.3 is 5.32 Å². The van der Waals surface area contributed by atoms with E-state index < -0.39 is 0 Å². The molecule has 0 amide bonds. The average molecular weight is 255 g/mol. The molecule has 1 aromatic heterocycles. The first-order valence-electron chi connectivity index (χ1n) is 6.99. The number of hydrogen-bond acceptors (Lipinski definition) is 2. The van der Waals surface area contributed by atoms with Gasteiger partial charge in [0.1, 0.15) is 0 Å². The summed E-state index contributed by atoms with van der Waals surface area (Å²) in [5.74, 6) is 0. The summed E-state index contributed by atoms with van der Waals surface area (Å²) >= 11 is 0. The van der Waals surface area contributed by atoms with E-state index in [1.807, 2.05) is 17.9 Å². The van der Waals surface area contributed by atoms with Crippen molar-refractivity contribution in [1.82, 2.24) is 9.78 Å². The molecule has 0 spiro atoms. The van der Waals surface area contributed by atoms with E-state index in [2.05, 4.69) is 42.5 Å². The van der Waals surface area contributed by atoms with Crippen LogP contribution in [-0.4, -0.2) is 9.78 Å². The maximum absolute atomic E-state index is 4.40. The molecule has 1 unspecified atom stereocenters. The number of nitrogens with one attached hydrogen (secondary N) is 1. The molecule has 3 rings (SSSR count). The number of fused-ring (bicyclic) bond motifs is 1. The first-order valence-corrected chi connectivity index (χ1v) is 6.99. The van der Waals surface area contributed by atoms with Crippen molar-refractivity contribution < 1.29 is 0 Å². The van der Waals surface area contributed by atoms with Crippen LogP contribution in [0.1, 0.15) is 41.3 Å². The molecule has 3 heteroatoms. The summed E-state index contributed by atoms with van der Waals surface area (Å²) in [4.78, 5) is 0. The molecule has 2 aromatic rings. The van der Waals surface area contributed by atoms with Crippen molar-refractivity contribution in [3.05, 3.63) is 46.8 Å². The summed E-state index contributed by atoms with van der Waals surface area (Å²) in [6, 6.07) is 6.99. The molecule has 19 heavy (non-hydrogen) atoms. The fraction of sp³-hybridized carbons (Fsp3) is 0.438. The normalized spacial score (nSPS) is 18.2. The zero-order valence-corrected chi connectivity index (χ0v) is 11.9. The van der Waals surface area contributed by atoms with Gasteiger partial charge in [0, 0.05) is 24.0 Å². The second-order valence-electron chi connectivity index (χ2n) is 5.58. The van der Waals surface area contributed by atoms with Gasteiger partial charge in [0.15, 0.2) is 0 Å². The lowest BCUT2D eigenvalue weighted by Crippen LogP contribution is -2.18. The van der Waals surface area contributed by atoms with E-state index in [9.17, 15) is 0 Å². The molecular formula is C16H21N3. The van der Waals surface area contributed by atoms with E-state index in [4.69, 9.17) is 0 Å². The molecular weight excluding hydrogens is 234 g/mol. The lowest BCUT2D eigenvalue weighted by molar-refractivity contribution is 0.571. The summed E-state index contributed by atoms with van der Waals surface area (Å²) in [6.45, 7) is 4.30. The second-order valence-corrected chi connectivity index (χ2v) is 5.58. The van der Waals surface area contributed by atoms with Crippen LogP contribution < -0.4 is 5.32 Å². The molecule has 0 radical (unpaired) electrons. The van der Waals surface area contributed by atoms with Crippen LogP contribution in [-0.2, 0) is 13.5 Å². The number of aryl methyl sites for hydroxylation is 3. The summed E-state index contributed by atoms with van der Waals surface area (Å²) in [7, 11) is 2.04. The second kappa shape index (κ2) is 4.72. The number of hydrogen-bond donors (Lipinski definition) is 1. The Morgan fingerprint density at radius 1 is 1.32 bits per heavy atom. The van der Waals surface area contributed by atoms with Gasteiger partial charge in [0.2, 0.25) is 0 Å². The van der Waals surface area contributed by atoms with Gasteiger partial charge in [0.05, 0.1) is 12.2 Å². The maximum atomic E-state index is 4.40. The van der Waals surface area contributed by atoms with Crippen LogP contribution >= 0.6 is 0 Å². The Labute approximate surface area is 114 Å². The molecule has 0 bridgehead atoms. The Morgan fingerprint density at radius 3 is 2.95 bits per heavy atom. The van der Waals surface area contributed by atoms with Crippen molar-refractivity contribution in [3.8, 4) is 0 Å². The Balaban J connectivity index is 1.88. The summed E-state index contributed by atoms with van der Waals surface area (Å²) in [5, 5.41) is 8.10. The minimum absolute atomic E-state index is 0.402. The molecule has 100 valence electrons. The lowest BCUT2D eigenvalue weighted by atomic mass is 9.92. The van der Waals surface area contributed by atoms with Crippen LogP contribution in [0.2, 0.25) is 0 Å². The molecule has 0 saturated carbocycles. The predicted octanol–water partition coefficient (Wildman–Crippen LogP) is 3.53. The first-order chi connectivity index (χ1) is 9.15. The van der Waals surface area contributed by atoms with Crippen molar-refractivity contribution >= 4 is 5.69 Å². The predicted molar refractivity (Wildman–Crippen MR) is 78.4 cm³/mol. The van der Waals surface area contributed by atoms with Gasteiger partial charge in [-0.15, -0.1) is 0 Å². The van der Waals surface area contributed by atoms with Gasteiger partial charge in [-0.05, 0) is 44.7 Å². The largest absolute Gasteiger partial charge is 0.378 e. The number of aromatic nitrogens is 2. The number of anilines is 1. The third-order valence-electron chi connectivity index (χ3n) is 4.09. The van der Waals surface area contributed by atoms with Crippen LogP contribution in [0, 0.1) is 13.8 Å². The minimum atomic E-state index is 0.402. The first kappa shape index (κ1) is 12.3. The van der Waals surface area contributed by atoms with Gasteiger partial charge in [-0.3, -0.25) is 4.68 Å². The van der Waals surface area contributed by atoms with Crippen LogP contribution in [0.3, 0.4) is 0 Å². The molecule has 0 aliphatic heterocycles. The van der Waals surface area contributed by atoms with Gasteiger partial charge in [-0.1, -0.05) is 17.7 Å². The quantitative estimate of drug-likeness (QED) is 0.889. The molecule has 1 N–H and O–H groups in total. The lowest BCUT2D eigenvalue weighted by Gasteiger charge is -2.25. The van der Waals surface area contributed by atoms with Gasteiger partial charge in [0.25, 0.3) is 0 Å². The molecule has 1 aromatic carbocycles. The van der Waals surface area contributed by atoms with E-state index in [1.54, 1.807) is 0 Å². The highest BCUT2D eigenvalue weighted by Gasteiger charge is 2.23. The van der Waals surface area contributed by atoms with Crippen LogP contribution in [0.5, 0.6) is 0 Å². The zero-order valence-electron chi connectivity index (χ0n) is 11.9. The summed E-state index contributed by atoms with van der Waals surface area (Å²) < 4.78 is 2.02. The SMILES string of the molecule is Cc1ccc(NC2CCCc3c2cnn3C)c(C)c1. The highest BCUT2D eigenvalue weighted by molar-refractivity contribution is 5.53. The highest BCUT2D eigenvalue weighted by atomic mass is 15.3. The summed E-state index contributed by atoms with van der Waals surface area (Å²) in [5.41, 5.74) is 6.62. The van der Waals surface area contributed by atoms with E-state index in [0.29, 0.717) is 6.04 Å². The topological polar surface area (TPSA) is 29.9 Å². The third kappa shape index (κ3) is 2.25. The van der Waals surface area contributed by atoms with Gasteiger partial charge >= 0.3 is 0 Å². The smallest absolute Gasteiger partial charge is 0.0547 e. The average Bonchev–Trinajstić information content (AvgIpc) is 2.76. The standard InChI is InChI=1S/C16H21N3/c1-11-7-8-14(12(2)9-11)18-15-5-4-6-16-13(15)10-17-19(16)3/h7-10,15,18H,4-6H2,1-3H3. The Hall–Kier alpha value is -1.77. The Morgan fingerprint density at radius 2 is 2.16 bits per heavy atom. The van der Waals surface area contributed by atoms with Crippen molar-refractivity contribution in [1.29, 1.82) is 0 Å². The monoisotopic (exact) mass is 255 g/mol. The Bertz CT molecular complexity index is 598. The molecule has 0 saturated heterocycles. The molecule has 3 nitrogen and oxygen atoms in total. The maximum Gasteiger partial charge on any atom is 0.0547 e. The van der Waals surface area contributed by atoms with Gasteiger partial charge in [-0.2, -0.15) is 5.10 Å². The summed E-state index contributed by atoms with van der Waals surface area (Å²) in [6.07, 6.45) is 5.59. The molecule has 1 aliphatic rings. The molecule has 1 aliphatic carbocycles. The Kier molecular flexibility index (Phi) is 3.05. The fourth-order valence-electron chi connectivity index (χ4n) is 3.02. The van der Waals surface area contributed by atoms with Crippen LogP contribution in [0.25, 0.3) is 0 Å². The van der Waals surface area contributed by atoms with Crippen LogP contribution in [0.15, 0.2) is 24.4 Å². The van der Waals surface area contributed by atoms with Crippen molar-refractivity contribution in [2.75, 3.05) is 5.32 Å². The molecule has 1 heterocycles. The van der Waals surface area contributed by atoms with E-state index in [0.717, 1.165) is 6.42 Å². The molecule has 0 fully saturated rings. The van der Waals surface area contributed by atoms with E-state index in [-0.39, 0.29) is 0 Å². The highest BCUT2D eigenvalue weighted by Crippen LogP contribution is 2.33. The van der Waals surface area contributed by atoms with E-state index >= 15 is 0 Å². The number of rotatable bonds is 2. The van der Waals surface area contributed by atoms with Crippen molar-refractivity contribution in [2.24, 2.45) is 7.05 Å².